The van der Waals surface area contributed by atoms with Gasteiger partial charge in [-0.1, -0.05) is 0 Å². The van der Waals surface area contributed by atoms with Gasteiger partial charge in [0.05, 0.1) is 23.5 Å². The van der Waals surface area contributed by atoms with Crippen molar-refractivity contribution in [2.75, 3.05) is 31.7 Å². The molecule has 12 heteroatoms. The van der Waals surface area contributed by atoms with Crippen LogP contribution >= 0.6 is 0 Å². The third-order valence-corrected chi connectivity index (χ3v) is 4.41. The van der Waals surface area contributed by atoms with Crippen LogP contribution in [0.3, 0.4) is 0 Å². The maximum absolute atomic E-state index is 12.8. The first-order valence-electron chi connectivity index (χ1n) is 8.22. The molecule has 1 aromatic rings. The maximum atomic E-state index is 12.8. The number of alkyl halides is 6. The fourth-order valence-electron chi connectivity index (χ4n) is 2.73. The van der Waals surface area contributed by atoms with Crippen LogP contribution in [0.15, 0.2) is 18.2 Å². The molecule has 28 heavy (non-hydrogen) atoms. The fraction of sp³-hybridized carbons (Fsp3) is 0.562. The van der Waals surface area contributed by atoms with E-state index in [0.29, 0.717) is 25.2 Å². The summed E-state index contributed by atoms with van der Waals surface area (Å²) < 4.78 is 77.0. The minimum Gasteiger partial charge on any atom is -0.388 e. The minimum atomic E-state index is -5.02. The number of nitrogens with zero attached hydrogens (tertiary/aromatic N) is 1. The molecule has 0 spiro atoms. The molecule has 0 unspecified atom stereocenters. The van der Waals surface area contributed by atoms with Crippen molar-refractivity contribution < 1.29 is 41.4 Å². The van der Waals surface area contributed by atoms with Crippen LogP contribution in [-0.4, -0.2) is 53.1 Å². The second kappa shape index (κ2) is 8.13. The lowest BCUT2D eigenvalue weighted by Gasteiger charge is -2.37. The smallest absolute Gasteiger partial charge is 0.388 e. The van der Waals surface area contributed by atoms with Crippen molar-refractivity contribution in [2.24, 2.45) is 0 Å². The number of anilines is 1. The highest BCUT2D eigenvalue weighted by Crippen LogP contribution is 2.37. The average molecular weight is 415 g/mol. The van der Waals surface area contributed by atoms with Gasteiger partial charge in [-0.15, -0.1) is 0 Å². The summed E-state index contributed by atoms with van der Waals surface area (Å²) in [5.41, 5.74) is -5.06. The summed E-state index contributed by atoms with van der Waals surface area (Å²) >= 11 is 0. The van der Waals surface area contributed by atoms with Gasteiger partial charge in [-0.05, 0) is 31.0 Å². The number of carbonyl (C=O) groups excluding carboxylic acids is 1. The molecule has 1 aliphatic rings. The number of carbonyl (C=O) groups is 1. The molecule has 0 aliphatic carbocycles. The van der Waals surface area contributed by atoms with Crippen LogP contribution in [0.25, 0.3) is 0 Å². The monoisotopic (exact) mass is 415 g/mol. The quantitative estimate of drug-likeness (QED) is 0.570. The lowest BCUT2D eigenvalue weighted by Crippen LogP contribution is -2.51. The zero-order valence-electron chi connectivity index (χ0n) is 14.5. The number of nitrogens with one attached hydrogen (secondary N) is 2. The Hall–Kier alpha value is -2.05. The summed E-state index contributed by atoms with van der Waals surface area (Å²) in [6.07, 6.45) is -9.58. The molecule has 2 rings (SSSR count). The van der Waals surface area contributed by atoms with E-state index in [4.69, 9.17) is 5.11 Å². The molecule has 1 fully saturated rings. The van der Waals surface area contributed by atoms with Gasteiger partial charge in [0.1, 0.15) is 0 Å². The fourth-order valence-corrected chi connectivity index (χ4v) is 2.73. The molecule has 1 saturated heterocycles. The highest BCUT2D eigenvalue weighted by molar-refractivity contribution is 5.89. The third kappa shape index (κ3) is 5.97. The van der Waals surface area contributed by atoms with E-state index in [1.54, 1.807) is 4.90 Å². The molecule has 158 valence electrons. The summed E-state index contributed by atoms with van der Waals surface area (Å²) in [5, 5.41) is 23.5. The van der Waals surface area contributed by atoms with Crippen molar-refractivity contribution in [1.29, 1.82) is 0 Å². The van der Waals surface area contributed by atoms with Crippen molar-refractivity contribution >= 4 is 11.7 Å². The van der Waals surface area contributed by atoms with E-state index in [9.17, 15) is 36.2 Å². The summed E-state index contributed by atoms with van der Waals surface area (Å²) in [6, 6.07) is -0.307. The molecular weight excluding hydrogens is 396 g/mol. The SMILES string of the molecule is O=C(NCC1(O)CCN(CO)CC1)Nc1cc(C(F)(F)F)cc(C(F)(F)F)c1. The molecular formula is C16H19F6N3O3. The first-order valence-corrected chi connectivity index (χ1v) is 8.22. The Morgan fingerprint density at radius 3 is 1.96 bits per heavy atom. The highest BCUT2D eigenvalue weighted by atomic mass is 19.4. The molecule has 6 nitrogen and oxygen atoms in total. The number of rotatable bonds is 4. The number of halogens is 6. The van der Waals surface area contributed by atoms with Crippen molar-refractivity contribution in [2.45, 2.75) is 30.8 Å². The molecule has 0 aromatic heterocycles. The van der Waals surface area contributed by atoms with E-state index >= 15 is 0 Å². The summed E-state index contributed by atoms with van der Waals surface area (Å²) in [4.78, 5) is 13.6. The number of hydrogen-bond acceptors (Lipinski definition) is 4. The van der Waals surface area contributed by atoms with Crippen molar-refractivity contribution in [3.63, 3.8) is 0 Å². The van der Waals surface area contributed by atoms with E-state index in [1.807, 2.05) is 5.32 Å². The predicted molar refractivity (Wildman–Crippen MR) is 86.3 cm³/mol. The van der Waals surface area contributed by atoms with Gasteiger partial charge in [-0.2, -0.15) is 26.3 Å². The van der Waals surface area contributed by atoms with Gasteiger partial charge < -0.3 is 20.8 Å². The van der Waals surface area contributed by atoms with Crippen LogP contribution in [0.5, 0.6) is 0 Å². The third-order valence-electron chi connectivity index (χ3n) is 4.41. The van der Waals surface area contributed by atoms with Crippen LogP contribution in [-0.2, 0) is 12.4 Å². The number of urea groups is 1. The summed E-state index contributed by atoms with van der Waals surface area (Å²) in [6.45, 7) is 0.321. The van der Waals surface area contributed by atoms with E-state index < -0.39 is 40.8 Å². The molecule has 1 aliphatic heterocycles. The van der Waals surface area contributed by atoms with Gasteiger partial charge in [-0.3, -0.25) is 4.90 Å². The number of amides is 2. The average Bonchev–Trinajstić information content (AvgIpc) is 2.59. The normalized spacial score (nSPS) is 18.0. The second-order valence-corrected chi connectivity index (χ2v) is 6.59. The van der Waals surface area contributed by atoms with Gasteiger partial charge in [0.15, 0.2) is 0 Å². The molecule has 1 aromatic carbocycles. The van der Waals surface area contributed by atoms with Crippen LogP contribution < -0.4 is 10.6 Å². The lowest BCUT2D eigenvalue weighted by atomic mass is 9.91. The van der Waals surface area contributed by atoms with Gasteiger partial charge in [0, 0.05) is 25.3 Å². The standard InChI is InChI=1S/C16H19F6N3O3/c17-15(18,19)10-5-11(16(20,21)22)7-12(6-10)24-13(27)23-8-14(28)1-3-25(9-26)4-2-14/h5-7,26,28H,1-4,8-9H2,(H2,23,24,27). The second-order valence-electron chi connectivity index (χ2n) is 6.59. The molecule has 0 bridgehead atoms. The molecule has 0 radical (unpaired) electrons. The van der Waals surface area contributed by atoms with Crippen molar-refractivity contribution in [1.82, 2.24) is 10.2 Å². The molecule has 2 amide bonds. The number of piperidine rings is 1. The lowest BCUT2D eigenvalue weighted by molar-refractivity contribution is -0.143. The van der Waals surface area contributed by atoms with Gasteiger partial charge >= 0.3 is 18.4 Å². The molecule has 0 atom stereocenters. The Kier molecular flexibility index (Phi) is 6.46. The maximum Gasteiger partial charge on any atom is 0.416 e. The number of likely N-dealkylation sites (tertiary alicyclic amines) is 1. The van der Waals surface area contributed by atoms with Crippen LogP contribution in [0.2, 0.25) is 0 Å². The number of hydrogen-bond donors (Lipinski definition) is 4. The Morgan fingerprint density at radius 1 is 1.04 bits per heavy atom. The molecule has 4 N–H and O–H groups in total. The van der Waals surface area contributed by atoms with Crippen LogP contribution in [0.4, 0.5) is 36.8 Å². The zero-order chi connectivity index (χ0) is 21.2. The number of benzene rings is 1. The topological polar surface area (TPSA) is 84.8 Å². The highest BCUT2D eigenvalue weighted by Gasteiger charge is 2.37. The first-order chi connectivity index (χ1) is 12.8. The summed E-state index contributed by atoms with van der Waals surface area (Å²) in [5.74, 6) is 0. The zero-order valence-corrected chi connectivity index (χ0v) is 14.5. The van der Waals surface area contributed by atoms with Crippen molar-refractivity contribution in [3.8, 4) is 0 Å². The Labute approximate surface area is 156 Å². The van der Waals surface area contributed by atoms with E-state index in [1.165, 1.54) is 0 Å². The van der Waals surface area contributed by atoms with E-state index in [-0.39, 0.29) is 32.2 Å². The van der Waals surface area contributed by atoms with Gasteiger partial charge in [0.2, 0.25) is 0 Å². The van der Waals surface area contributed by atoms with E-state index in [2.05, 4.69) is 5.32 Å². The van der Waals surface area contributed by atoms with E-state index in [0.717, 1.165) is 0 Å². The first kappa shape index (κ1) is 22.2. The number of aliphatic hydroxyl groups is 2. The summed E-state index contributed by atoms with van der Waals surface area (Å²) in [7, 11) is 0. The van der Waals surface area contributed by atoms with Gasteiger partial charge in [0.25, 0.3) is 0 Å². The Bertz CT molecular complexity index is 668. The largest absolute Gasteiger partial charge is 0.416 e. The molecule has 0 saturated carbocycles. The Balaban J connectivity index is 2.05. The minimum absolute atomic E-state index is 0.0409. The predicted octanol–water partition coefficient (Wildman–Crippen LogP) is 2.62. The Morgan fingerprint density at radius 2 is 1.54 bits per heavy atom. The van der Waals surface area contributed by atoms with Crippen molar-refractivity contribution in [3.05, 3.63) is 29.3 Å². The van der Waals surface area contributed by atoms with Crippen LogP contribution in [0.1, 0.15) is 24.0 Å². The van der Waals surface area contributed by atoms with Crippen LogP contribution in [0, 0.1) is 0 Å². The van der Waals surface area contributed by atoms with Gasteiger partial charge in [-0.25, -0.2) is 4.79 Å². The molecule has 1 heterocycles. The number of aliphatic hydroxyl groups excluding tert-OH is 1.